The van der Waals surface area contributed by atoms with Crippen LogP contribution in [0.2, 0.25) is 5.02 Å². The Morgan fingerprint density at radius 2 is 1.91 bits per heavy atom. The summed E-state index contributed by atoms with van der Waals surface area (Å²) in [7, 11) is 4.29. The molecule has 35 heavy (non-hydrogen) atoms. The van der Waals surface area contributed by atoms with Crippen LogP contribution in [0.15, 0.2) is 35.0 Å². The van der Waals surface area contributed by atoms with Crippen LogP contribution in [-0.4, -0.2) is 71.5 Å². The molecule has 4 rings (SSSR count). The zero-order valence-corrected chi connectivity index (χ0v) is 22.3. The van der Waals surface area contributed by atoms with Crippen molar-refractivity contribution in [1.29, 1.82) is 0 Å². The van der Waals surface area contributed by atoms with Gasteiger partial charge in [-0.2, -0.15) is 0 Å². The van der Waals surface area contributed by atoms with Gasteiger partial charge in [-0.3, -0.25) is 14.5 Å². The first-order chi connectivity index (χ1) is 16.6. The number of piperidine rings is 1. The SMILES string of the molecule is CC1=CC(C)=NC(=O)C1CNC(=O)c1cc2cc(Cl)cn2c(C(C)N2CCC(N(C)C)CC2)c1C. The van der Waals surface area contributed by atoms with Gasteiger partial charge in [0.15, 0.2) is 0 Å². The fourth-order valence-electron chi connectivity index (χ4n) is 5.50. The van der Waals surface area contributed by atoms with Crippen LogP contribution in [0.1, 0.15) is 61.3 Å². The number of aliphatic imine (C=N–C) groups is 1. The van der Waals surface area contributed by atoms with Gasteiger partial charge >= 0.3 is 0 Å². The zero-order valence-electron chi connectivity index (χ0n) is 21.6. The number of aromatic nitrogens is 1. The summed E-state index contributed by atoms with van der Waals surface area (Å²) in [6.45, 7) is 10.2. The molecule has 0 spiro atoms. The second kappa shape index (κ2) is 10.2. The summed E-state index contributed by atoms with van der Waals surface area (Å²) in [5.41, 5.74) is 5.13. The molecule has 2 unspecified atom stereocenters. The topological polar surface area (TPSA) is 69.4 Å². The van der Waals surface area contributed by atoms with Gasteiger partial charge in [0.05, 0.1) is 10.9 Å². The lowest BCUT2D eigenvalue weighted by molar-refractivity contribution is -0.120. The minimum Gasteiger partial charge on any atom is -0.351 e. The second-order valence-corrected chi connectivity index (χ2v) is 10.6. The van der Waals surface area contributed by atoms with Gasteiger partial charge in [-0.1, -0.05) is 17.2 Å². The molecule has 2 aliphatic rings. The summed E-state index contributed by atoms with van der Waals surface area (Å²) in [6, 6.07) is 4.50. The van der Waals surface area contributed by atoms with Crippen LogP contribution in [-0.2, 0) is 4.79 Å². The zero-order chi connectivity index (χ0) is 25.4. The van der Waals surface area contributed by atoms with Crippen LogP contribution in [0, 0.1) is 12.8 Å². The van der Waals surface area contributed by atoms with Crippen molar-refractivity contribution < 1.29 is 9.59 Å². The van der Waals surface area contributed by atoms with Crippen molar-refractivity contribution in [2.24, 2.45) is 10.9 Å². The van der Waals surface area contributed by atoms with E-state index in [0.29, 0.717) is 22.3 Å². The molecular formula is C27H36ClN5O2. The molecule has 1 N–H and O–H groups in total. The van der Waals surface area contributed by atoms with E-state index in [-0.39, 0.29) is 24.4 Å². The summed E-state index contributed by atoms with van der Waals surface area (Å²) >= 11 is 6.39. The highest BCUT2D eigenvalue weighted by molar-refractivity contribution is 6.31. The number of dihydropyridines is 1. The molecule has 2 aliphatic heterocycles. The molecule has 0 aromatic carbocycles. The Morgan fingerprint density at radius 1 is 1.23 bits per heavy atom. The number of fused-ring (bicyclic) bond motifs is 1. The van der Waals surface area contributed by atoms with E-state index in [1.807, 2.05) is 45.2 Å². The van der Waals surface area contributed by atoms with Crippen molar-refractivity contribution in [2.45, 2.75) is 52.6 Å². The Balaban J connectivity index is 1.60. The van der Waals surface area contributed by atoms with Crippen molar-refractivity contribution in [3.05, 3.63) is 51.8 Å². The van der Waals surface area contributed by atoms with Crippen molar-refractivity contribution in [3.63, 3.8) is 0 Å². The number of nitrogens with zero attached hydrogens (tertiary/aromatic N) is 4. The molecular weight excluding hydrogens is 462 g/mol. The number of hydrogen-bond acceptors (Lipinski definition) is 4. The van der Waals surface area contributed by atoms with E-state index < -0.39 is 5.92 Å². The average Bonchev–Trinajstić information content (AvgIpc) is 3.17. The van der Waals surface area contributed by atoms with E-state index in [1.54, 1.807) is 0 Å². The summed E-state index contributed by atoms with van der Waals surface area (Å²) in [5, 5.41) is 3.63. The van der Waals surface area contributed by atoms with E-state index in [1.165, 1.54) is 0 Å². The fourth-order valence-corrected chi connectivity index (χ4v) is 5.71. The summed E-state index contributed by atoms with van der Waals surface area (Å²) in [6.07, 6.45) is 6.07. The van der Waals surface area contributed by atoms with Crippen molar-refractivity contribution in [1.82, 2.24) is 19.5 Å². The number of amides is 2. The van der Waals surface area contributed by atoms with E-state index in [9.17, 15) is 9.59 Å². The first kappa shape index (κ1) is 25.6. The van der Waals surface area contributed by atoms with Gasteiger partial charge in [-0.25, -0.2) is 4.99 Å². The molecule has 188 valence electrons. The highest BCUT2D eigenvalue weighted by Gasteiger charge is 2.29. The normalized spacial score (nSPS) is 20.8. The molecule has 1 fully saturated rings. The van der Waals surface area contributed by atoms with E-state index in [0.717, 1.165) is 48.3 Å². The predicted molar refractivity (Wildman–Crippen MR) is 142 cm³/mol. The van der Waals surface area contributed by atoms with Gasteiger partial charge in [-0.15, -0.1) is 0 Å². The molecule has 2 aromatic rings. The predicted octanol–water partition coefficient (Wildman–Crippen LogP) is 4.28. The van der Waals surface area contributed by atoms with Crippen molar-refractivity contribution >= 4 is 34.6 Å². The Kier molecular flexibility index (Phi) is 7.50. The number of nitrogens with one attached hydrogen (secondary N) is 1. The third-order valence-corrected chi connectivity index (χ3v) is 7.82. The Hall–Kier alpha value is -2.48. The van der Waals surface area contributed by atoms with Crippen LogP contribution in [0.5, 0.6) is 0 Å². The number of halogens is 1. The Labute approximate surface area is 212 Å². The number of allylic oxidation sites excluding steroid dienone is 1. The maximum absolute atomic E-state index is 13.4. The smallest absolute Gasteiger partial charge is 0.254 e. The maximum Gasteiger partial charge on any atom is 0.254 e. The minimum absolute atomic E-state index is 0.124. The third kappa shape index (κ3) is 5.22. The molecule has 2 amide bonds. The van der Waals surface area contributed by atoms with Gasteiger partial charge in [0.1, 0.15) is 0 Å². The number of rotatable bonds is 6. The molecule has 0 bridgehead atoms. The molecule has 1 saturated heterocycles. The molecule has 0 aliphatic carbocycles. The standard InChI is InChI=1S/C27H36ClN5O2/c1-16-11-17(2)30-27(35)24(16)14-29-26(34)23-13-22-12-20(28)15-33(22)25(18(23)3)19(4)32-9-7-21(8-10-32)31(5)6/h11-13,15,19,21,24H,7-10,14H2,1-6H3,(H,29,34). The molecule has 2 atom stereocenters. The third-order valence-electron chi connectivity index (χ3n) is 7.61. The van der Waals surface area contributed by atoms with E-state index in [4.69, 9.17) is 11.6 Å². The van der Waals surface area contributed by atoms with Crippen molar-refractivity contribution in [3.8, 4) is 0 Å². The van der Waals surface area contributed by atoms with Crippen molar-refractivity contribution in [2.75, 3.05) is 33.7 Å². The highest BCUT2D eigenvalue weighted by Crippen LogP contribution is 2.32. The van der Waals surface area contributed by atoms with Crippen LogP contribution in [0.4, 0.5) is 0 Å². The van der Waals surface area contributed by atoms with Gasteiger partial charge in [0.2, 0.25) is 0 Å². The highest BCUT2D eigenvalue weighted by atomic mass is 35.5. The van der Waals surface area contributed by atoms with Gasteiger partial charge < -0.3 is 14.6 Å². The summed E-state index contributed by atoms with van der Waals surface area (Å²) < 4.78 is 2.12. The molecule has 7 nitrogen and oxygen atoms in total. The monoisotopic (exact) mass is 497 g/mol. The fraction of sp³-hybridized carbons (Fsp3) is 0.519. The summed E-state index contributed by atoms with van der Waals surface area (Å²) in [5.74, 6) is -0.816. The van der Waals surface area contributed by atoms with E-state index in [2.05, 4.69) is 45.5 Å². The lowest BCUT2D eigenvalue weighted by atomic mass is 9.95. The maximum atomic E-state index is 13.4. The summed E-state index contributed by atoms with van der Waals surface area (Å²) in [4.78, 5) is 34.6. The number of carbonyl (C=O) groups excluding carboxylic acids is 2. The van der Waals surface area contributed by atoms with Crippen LogP contribution < -0.4 is 5.32 Å². The molecule has 4 heterocycles. The Bertz CT molecular complexity index is 1200. The Morgan fingerprint density at radius 3 is 2.54 bits per heavy atom. The van der Waals surface area contributed by atoms with Gasteiger partial charge in [0.25, 0.3) is 11.8 Å². The van der Waals surface area contributed by atoms with Crippen LogP contribution in [0.25, 0.3) is 5.52 Å². The minimum atomic E-state index is -0.425. The van der Waals surface area contributed by atoms with E-state index >= 15 is 0 Å². The lowest BCUT2D eigenvalue weighted by Gasteiger charge is -2.39. The quantitative estimate of drug-likeness (QED) is 0.646. The second-order valence-electron chi connectivity index (χ2n) is 10.2. The largest absolute Gasteiger partial charge is 0.351 e. The van der Waals surface area contributed by atoms with Crippen LogP contribution in [0.3, 0.4) is 0 Å². The van der Waals surface area contributed by atoms with Gasteiger partial charge in [0, 0.05) is 60.4 Å². The number of hydrogen-bond donors (Lipinski definition) is 1. The number of likely N-dealkylation sites (tertiary alicyclic amines) is 1. The number of pyridine rings is 1. The molecule has 0 saturated carbocycles. The lowest BCUT2D eigenvalue weighted by Crippen LogP contribution is -2.43. The number of carbonyl (C=O) groups is 2. The first-order valence-electron chi connectivity index (χ1n) is 12.3. The average molecular weight is 498 g/mol. The molecule has 0 radical (unpaired) electrons. The molecule has 2 aromatic heterocycles. The van der Waals surface area contributed by atoms with Crippen LogP contribution >= 0.6 is 11.6 Å². The first-order valence-corrected chi connectivity index (χ1v) is 12.7. The van der Waals surface area contributed by atoms with Gasteiger partial charge in [-0.05, 0) is 78.4 Å². The molecule has 8 heteroatoms.